The molecule has 98 valence electrons. The quantitative estimate of drug-likeness (QED) is 0.488. The van der Waals surface area contributed by atoms with Crippen molar-refractivity contribution >= 4 is 0 Å². The van der Waals surface area contributed by atoms with Crippen LogP contribution in [0.2, 0.25) is 0 Å². The Balaban J connectivity index is 0. The van der Waals surface area contributed by atoms with Crippen molar-refractivity contribution in [2.24, 2.45) is 5.92 Å². The Morgan fingerprint density at radius 2 is 1.53 bits per heavy atom. The van der Waals surface area contributed by atoms with Crippen LogP contribution in [0.1, 0.15) is 53.9 Å². The molecule has 17 heavy (non-hydrogen) atoms. The fraction of sp³-hybridized carbons (Fsp3) is 0.529. The van der Waals surface area contributed by atoms with Crippen LogP contribution in [0.4, 0.5) is 0 Å². The van der Waals surface area contributed by atoms with Crippen molar-refractivity contribution in [1.29, 1.82) is 0 Å². The van der Waals surface area contributed by atoms with Crippen molar-refractivity contribution in [3.63, 3.8) is 0 Å². The molecule has 0 heterocycles. The minimum atomic E-state index is 0.663. The minimum absolute atomic E-state index is 0.663. The van der Waals surface area contributed by atoms with Gasteiger partial charge >= 0.3 is 0 Å². The lowest BCUT2D eigenvalue weighted by atomic mass is 10.1. The molecule has 0 aromatic carbocycles. The van der Waals surface area contributed by atoms with Gasteiger partial charge in [0.15, 0.2) is 0 Å². The number of allylic oxidation sites excluding steroid dienone is 6. The van der Waals surface area contributed by atoms with Gasteiger partial charge in [-0.05, 0) is 52.9 Å². The van der Waals surface area contributed by atoms with Crippen molar-refractivity contribution in [2.45, 2.75) is 53.9 Å². The van der Waals surface area contributed by atoms with E-state index in [1.807, 2.05) is 12.2 Å². The second-order valence-corrected chi connectivity index (χ2v) is 4.88. The van der Waals surface area contributed by atoms with Crippen LogP contribution in [0.3, 0.4) is 0 Å². The summed E-state index contributed by atoms with van der Waals surface area (Å²) in [5, 5.41) is 0. The smallest absolute Gasteiger partial charge is 0.0169 e. The van der Waals surface area contributed by atoms with E-state index in [4.69, 9.17) is 0 Å². The molecule has 0 saturated heterocycles. The van der Waals surface area contributed by atoms with Gasteiger partial charge in [-0.2, -0.15) is 0 Å². The lowest BCUT2D eigenvalue weighted by Crippen LogP contribution is -1.86. The molecule has 0 rings (SSSR count). The second-order valence-electron chi connectivity index (χ2n) is 4.88. The van der Waals surface area contributed by atoms with E-state index < -0.39 is 0 Å². The van der Waals surface area contributed by atoms with E-state index in [0.717, 1.165) is 6.42 Å². The van der Waals surface area contributed by atoms with Crippen LogP contribution in [0.15, 0.2) is 48.6 Å². The fourth-order valence-corrected chi connectivity index (χ4v) is 1.07. The first-order valence-electron chi connectivity index (χ1n) is 6.44. The Morgan fingerprint density at radius 3 is 1.82 bits per heavy atom. The minimum Gasteiger partial charge on any atom is -0.103 e. The standard InChI is InChI=1S/C10H18.C7H12/c1-5-10(4)8-6-7-9(2)3;1-4-5-6-7(2)3/h5,7,10H,1,6,8H2,2-4H3;4,6H,1,5H2,2-3H3. The summed E-state index contributed by atoms with van der Waals surface area (Å²) in [6.07, 6.45) is 11.8. The Bertz CT molecular complexity index is 245. The highest BCUT2D eigenvalue weighted by Gasteiger charge is 1.92. The lowest BCUT2D eigenvalue weighted by Gasteiger charge is -2.01. The molecule has 0 aromatic rings. The molecule has 0 spiro atoms. The van der Waals surface area contributed by atoms with Gasteiger partial charge in [-0.3, -0.25) is 0 Å². The predicted octanol–water partition coefficient (Wildman–Crippen LogP) is 6.08. The second kappa shape index (κ2) is 13.0. The van der Waals surface area contributed by atoms with E-state index in [2.05, 4.69) is 59.9 Å². The summed E-state index contributed by atoms with van der Waals surface area (Å²) in [6, 6.07) is 0. The average Bonchev–Trinajstić information content (AvgIpc) is 2.26. The van der Waals surface area contributed by atoms with E-state index in [1.165, 1.54) is 24.0 Å². The summed E-state index contributed by atoms with van der Waals surface area (Å²) in [6.45, 7) is 18.0. The average molecular weight is 234 g/mol. The third-order valence-electron chi connectivity index (χ3n) is 2.27. The van der Waals surface area contributed by atoms with Crippen LogP contribution in [-0.2, 0) is 0 Å². The van der Waals surface area contributed by atoms with E-state index in [0.29, 0.717) is 5.92 Å². The monoisotopic (exact) mass is 234 g/mol. The third-order valence-corrected chi connectivity index (χ3v) is 2.27. The Kier molecular flexibility index (Phi) is 14.0. The molecule has 0 N–H and O–H groups in total. The van der Waals surface area contributed by atoms with Gasteiger partial charge in [0.2, 0.25) is 0 Å². The summed E-state index contributed by atoms with van der Waals surface area (Å²) >= 11 is 0. The molecule has 1 unspecified atom stereocenters. The summed E-state index contributed by atoms with van der Waals surface area (Å²) in [7, 11) is 0. The normalized spacial score (nSPS) is 10.4. The third kappa shape index (κ3) is 20.9. The number of hydrogen-bond acceptors (Lipinski definition) is 0. The first-order valence-corrected chi connectivity index (χ1v) is 6.44. The van der Waals surface area contributed by atoms with Crippen molar-refractivity contribution in [2.75, 3.05) is 0 Å². The maximum Gasteiger partial charge on any atom is -0.0169 e. The summed E-state index contributed by atoms with van der Waals surface area (Å²) in [5.41, 5.74) is 2.77. The highest BCUT2D eigenvalue weighted by molar-refractivity contribution is 4.96. The van der Waals surface area contributed by atoms with Gasteiger partial charge in [0.05, 0.1) is 0 Å². The van der Waals surface area contributed by atoms with Crippen molar-refractivity contribution in [1.82, 2.24) is 0 Å². The van der Waals surface area contributed by atoms with E-state index in [1.54, 1.807) is 0 Å². The Morgan fingerprint density at radius 1 is 1.00 bits per heavy atom. The number of hydrogen-bond donors (Lipinski definition) is 0. The van der Waals surface area contributed by atoms with Crippen LogP contribution in [0.5, 0.6) is 0 Å². The highest BCUT2D eigenvalue weighted by Crippen LogP contribution is 2.07. The molecule has 0 nitrogen and oxygen atoms in total. The van der Waals surface area contributed by atoms with Gasteiger partial charge in [-0.25, -0.2) is 0 Å². The lowest BCUT2D eigenvalue weighted by molar-refractivity contribution is 0.658. The van der Waals surface area contributed by atoms with Crippen molar-refractivity contribution in [3.8, 4) is 0 Å². The molecule has 0 heteroatoms. The summed E-state index contributed by atoms with van der Waals surface area (Å²) in [4.78, 5) is 0. The maximum atomic E-state index is 3.74. The van der Waals surface area contributed by atoms with Gasteiger partial charge in [0, 0.05) is 0 Å². The molecule has 0 aromatic heterocycles. The van der Waals surface area contributed by atoms with Crippen LogP contribution < -0.4 is 0 Å². The van der Waals surface area contributed by atoms with Crippen molar-refractivity contribution in [3.05, 3.63) is 48.6 Å². The van der Waals surface area contributed by atoms with Gasteiger partial charge in [-0.1, -0.05) is 42.4 Å². The zero-order chi connectivity index (χ0) is 13.7. The molecule has 0 aliphatic rings. The zero-order valence-corrected chi connectivity index (χ0v) is 12.4. The molecule has 0 amide bonds. The molecular formula is C17H30. The largest absolute Gasteiger partial charge is 0.103 e. The van der Waals surface area contributed by atoms with E-state index in [-0.39, 0.29) is 0 Å². The molecule has 0 radical (unpaired) electrons. The van der Waals surface area contributed by atoms with Gasteiger partial charge in [-0.15, -0.1) is 13.2 Å². The van der Waals surface area contributed by atoms with Gasteiger partial charge < -0.3 is 0 Å². The van der Waals surface area contributed by atoms with Gasteiger partial charge in [0.1, 0.15) is 0 Å². The summed E-state index contributed by atoms with van der Waals surface area (Å²) < 4.78 is 0. The van der Waals surface area contributed by atoms with Crippen molar-refractivity contribution < 1.29 is 0 Å². The highest BCUT2D eigenvalue weighted by atomic mass is 14.0. The summed E-state index contributed by atoms with van der Waals surface area (Å²) in [5.74, 6) is 0.663. The fourth-order valence-electron chi connectivity index (χ4n) is 1.07. The molecule has 1 atom stereocenters. The molecular weight excluding hydrogens is 204 g/mol. The first kappa shape index (κ1) is 18.3. The van der Waals surface area contributed by atoms with E-state index in [9.17, 15) is 0 Å². The zero-order valence-electron chi connectivity index (χ0n) is 12.4. The Labute approximate surface area is 109 Å². The van der Waals surface area contributed by atoms with Gasteiger partial charge in [0.25, 0.3) is 0 Å². The molecule has 0 aliphatic heterocycles. The van der Waals surface area contributed by atoms with Crippen LogP contribution in [0, 0.1) is 5.92 Å². The topological polar surface area (TPSA) is 0 Å². The molecule has 0 saturated carbocycles. The van der Waals surface area contributed by atoms with Crippen LogP contribution >= 0.6 is 0 Å². The Hall–Kier alpha value is -1.04. The predicted molar refractivity (Wildman–Crippen MR) is 82.3 cm³/mol. The first-order chi connectivity index (χ1) is 7.93. The maximum absolute atomic E-state index is 3.74. The SMILES string of the molecule is C=CC(C)CCC=C(C)C.C=CCC=C(C)C. The molecule has 0 aliphatic carbocycles. The molecule has 0 fully saturated rings. The van der Waals surface area contributed by atoms with Crippen LogP contribution in [0.25, 0.3) is 0 Å². The van der Waals surface area contributed by atoms with E-state index >= 15 is 0 Å². The molecule has 0 bridgehead atoms. The van der Waals surface area contributed by atoms with Crippen LogP contribution in [-0.4, -0.2) is 0 Å². The number of rotatable bonds is 6.